The smallest absolute Gasteiger partial charge is 0.277 e. The Morgan fingerprint density at radius 1 is 0.906 bits per heavy atom. The molecule has 1 aromatic heterocycles. The average Bonchev–Trinajstić information content (AvgIpc) is 2.84. The Morgan fingerprint density at radius 2 is 1.53 bits per heavy atom. The van der Waals surface area contributed by atoms with Gasteiger partial charge >= 0.3 is 0 Å². The van der Waals surface area contributed by atoms with Gasteiger partial charge in [-0.1, -0.05) is 47.7 Å². The second-order valence-corrected chi connectivity index (χ2v) is 8.55. The highest BCUT2D eigenvalue weighted by molar-refractivity contribution is 5.87. The molecule has 0 atom stereocenters. The Balaban J connectivity index is 1.33. The molecule has 0 bridgehead atoms. The zero-order valence-electron chi connectivity index (χ0n) is 18.4. The van der Waals surface area contributed by atoms with Crippen LogP contribution >= 0.6 is 0 Å². The SMILES string of the molecule is CC(C)(C(=O)N1CCN(C(=O)CCn2nnc3ccccc3c2=O)CC1)c1ccccc1. The van der Waals surface area contributed by atoms with Gasteiger partial charge in [-0.25, -0.2) is 4.68 Å². The molecule has 0 unspecified atom stereocenters. The van der Waals surface area contributed by atoms with Crippen molar-refractivity contribution in [2.24, 2.45) is 0 Å². The van der Waals surface area contributed by atoms with Crippen LogP contribution in [-0.2, 0) is 21.5 Å². The van der Waals surface area contributed by atoms with Gasteiger partial charge in [0.05, 0.1) is 17.3 Å². The molecule has 2 aromatic carbocycles. The summed E-state index contributed by atoms with van der Waals surface area (Å²) >= 11 is 0. The molecular weight excluding hydrogens is 406 g/mol. The van der Waals surface area contributed by atoms with Crippen LogP contribution in [0.15, 0.2) is 59.4 Å². The molecule has 8 heteroatoms. The van der Waals surface area contributed by atoms with Gasteiger partial charge in [0.2, 0.25) is 11.8 Å². The third kappa shape index (κ3) is 4.26. The number of fused-ring (bicyclic) bond motifs is 1. The largest absolute Gasteiger partial charge is 0.339 e. The van der Waals surface area contributed by atoms with Gasteiger partial charge in [-0.15, -0.1) is 5.10 Å². The van der Waals surface area contributed by atoms with Gasteiger partial charge in [-0.05, 0) is 31.5 Å². The number of hydrogen-bond donors (Lipinski definition) is 0. The third-order valence-corrected chi connectivity index (χ3v) is 6.12. The molecule has 32 heavy (non-hydrogen) atoms. The molecule has 0 saturated carbocycles. The van der Waals surface area contributed by atoms with Crippen LogP contribution in [0.4, 0.5) is 0 Å². The highest BCUT2D eigenvalue weighted by Gasteiger charge is 2.35. The van der Waals surface area contributed by atoms with Gasteiger partial charge in [0.25, 0.3) is 5.56 Å². The van der Waals surface area contributed by atoms with Crippen molar-refractivity contribution in [1.29, 1.82) is 0 Å². The second-order valence-electron chi connectivity index (χ2n) is 8.55. The van der Waals surface area contributed by atoms with Crippen molar-refractivity contribution in [3.05, 3.63) is 70.5 Å². The molecule has 0 aliphatic carbocycles. The van der Waals surface area contributed by atoms with Crippen LogP contribution in [0.5, 0.6) is 0 Å². The summed E-state index contributed by atoms with van der Waals surface area (Å²) in [5, 5.41) is 8.49. The summed E-state index contributed by atoms with van der Waals surface area (Å²) in [7, 11) is 0. The van der Waals surface area contributed by atoms with Crippen molar-refractivity contribution in [2.45, 2.75) is 32.2 Å². The van der Waals surface area contributed by atoms with E-state index >= 15 is 0 Å². The average molecular weight is 434 g/mol. The molecule has 0 spiro atoms. The van der Waals surface area contributed by atoms with Crippen LogP contribution in [0, 0.1) is 0 Å². The van der Waals surface area contributed by atoms with Gasteiger partial charge in [-0.2, -0.15) is 0 Å². The first kappa shape index (κ1) is 21.7. The van der Waals surface area contributed by atoms with E-state index in [2.05, 4.69) is 10.3 Å². The summed E-state index contributed by atoms with van der Waals surface area (Å²) < 4.78 is 1.24. The van der Waals surface area contributed by atoms with Gasteiger partial charge in [0, 0.05) is 32.6 Å². The number of aryl methyl sites for hydroxylation is 1. The monoisotopic (exact) mass is 433 g/mol. The Labute approximate surface area is 186 Å². The maximum atomic E-state index is 13.1. The van der Waals surface area contributed by atoms with E-state index in [1.54, 1.807) is 29.2 Å². The number of carbonyl (C=O) groups is 2. The van der Waals surface area contributed by atoms with E-state index in [0.29, 0.717) is 37.1 Å². The summed E-state index contributed by atoms with van der Waals surface area (Å²) in [5.41, 5.74) is 0.648. The lowest BCUT2D eigenvalue weighted by molar-refractivity contribution is -0.142. The van der Waals surface area contributed by atoms with Gasteiger partial charge in [-0.3, -0.25) is 14.4 Å². The Kier molecular flexibility index (Phi) is 6.03. The minimum atomic E-state index is -0.622. The quantitative estimate of drug-likeness (QED) is 0.613. The van der Waals surface area contributed by atoms with Crippen LogP contribution in [0.25, 0.3) is 10.9 Å². The molecule has 1 saturated heterocycles. The van der Waals surface area contributed by atoms with E-state index in [-0.39, 0.29) is 30.3 Å². The summed E-state index contributed by atoms with van der Waals surface area (Å²) in [4.78, 5) is 41.9. The molecule has 1 aliphatic rings. The molecule has 1 fully saturated rings. The first-order chi connectivity index (χ1) is 15.4. The number of carbonyl (C=O) groups excluding carboxylic acids is 2. The fourth-order valence-corrected chi connectivity index (χ4v) is 4.06. The zero-order valence-corrected chi connectivity index (χ0v) is 18.4. The number of nitrogens with zero attached hydrogens (tertiary/aromatic N) is 5. The molecule has 1 aliphatic heterocycles. The minimum absolute atomic E-state index is 0.0544. The van der Waals surface area contributed by atoms with Crippen molar-refractivity contribution in [3.63, 3.8) is 0 Å². The Hall–Kier alpha value is -3.55. The van der Waals surface area contributed by atoms with E-state index in [1.807, 2.05) is 49.1 Å². The molecule has 4 rings (SSSR count). The van der Waals surface area contributed by atoms with E-state index < -0.39 is 5.41 Å². The molecule has 0 radical (unpaired) electrons. The predicted molar refractivity (Wildman–Crippen MR) is 121 cm³/mol. The molecule has 0 N–H and O–H groups in total. The van der Waals surface area contributed by atoms with Crippen LogP contribution in [-0.4, -0.2) is 62.8 Å². The van der Waals surface area contributed by atoms with Crippen LogP contribution in [0.2, 0.25) is 0 Å². The van der Waals surface area contributed by atoms with Crippen LogP contribution in [0.3, 0.4) is 0 Å². The summed E-state index contributed by atoms with van der Waals surface area (Å²) in [5.74, 6) is 0.00932. The number of aromatic nitrogens is 3. The summed E-state index contributed by atoms with van der Waals surface area (Å²) in [6.07, 6.45) is 0.163. The molecule has 2 amide bonds. The fraction of sp³-hybridized carbons (Fsp3) is 0.375. The first-order valence-electron chi connectivity index (χ1n) is 10.8. The minimum Gasteiger partial charge on any atom is -0.339 e. The van der Waals surface area contributed by atoms with Gasteiger partial charge in [0.15, 0.2) is 0 Å². The topological polar surface area (TPSA) is 88.4 Å². The van der Waals surface area contributed by atoms with Crippen molar-refractivity contribution in [1.82, 2.24) is 24.8 Å². The lowest BCUT2D eigenvalue weighted by atomic mass is 9.83. The lowest BCUT2D eigenvalue weighted by Crippen LogP contribution is -2.54. The Morgan fingerprint density at radius 3 is 2.25 bits per heavy atom. The first-order valence-corrected chi connectivity index (χ1v) is 10.8. The number of hydrogen-bond acceptors (Lipinski definition) is 5. The number of amides is 2. The molecule has 3 aromatic rings. The van der Waals surface area contributed by atoms with Crippen LogP contribution in [0.1, 0.15) is 25.8 Å². The van der Waals surface area contributed by atoms with E-state index in [9.17, 15) is 14.4 Å². The number of piperazine rings is 1. The van der Waals surface area contributed by atoms with E-state index in [1.165, 1.54) is 4.68 Å². The fourth-order valence-electron chi connectivity index (χ4n) is 4.06. The molecule has 8 nitrogen and oxygen atoms in total. The van der Waals surface area contributed by atoms with E-state index in [4.69, 9.17) is 0 Å². The van der Waals surface area contributed by atoms with Crippen molar-refractivity contribution in [2.75, 3.05) is 26.2 Å². The molecule has 2 heterocycles. The highest BCUT2D eigenvalue weighted by Crippen LogP contribution is 2.26. The van der Waals surface area contributed by atoms with Gasteiger partial charge < -0.3 is 9.80 Å². The second kappa shape index (κ2) is 8.90. The van der Waals surface area contributed by atoms with Crippen LogP contribution < -0.4 is 5.56 Å². The molecule has 166 valence electrons. The molecular formula is C24H27N5O3. The summed E-state index contributed by atoms with van der Waals surface area (Å²) in [6.45, 7) is 6.00. The van der Waals surface area contributed by atoms with Gasteiger partial charge in [0.1, 0.15) is 5.52 Å². The maximum Gasteiger partial charge on any atom is 0.277 e. The normalized spacial score (nSPS) is 14.6. The summed E-state index contributed by atoms with van der Waals surface area (Å²) in [6, 6.07) is 16.8. The maximum absolute atomic E-state index is 13.1. The third-order valence-electron chi connectivity index (χ3n) is 6.12. The van der Waals surface area contributed by atoms with Crippen molar-refractivity contribution in [3.8, 4) is 0 Å². The number of rotatable bonds is 5. The Bertz CT molecular complexity index is 1180. The highest BCUT2D eigenvalue weighted by atomic mass is 16.2. The van der Waals surface area contributed by atoms with E-state index in [0.717, 1.165) is 5.56 Å². The van der Waals surface area contributed by atoms with Crippen molar-refractivity contribution < 1.29 is 9.59 Å². The number of benzene rings is 2. The zero-order chi connectivity index (χ0) is 22.7. The lowest BCUT2D eigenvalue weighted by Gasteiger charge is -2.38. The predicted octanol–water partition coefficient (Wildman–Crippen LogP) is 1.83. The van der Waals surface area contributed by atoms with Crippen molar-refractivity contribution >= 4 is 22.7 Å². The standard InChI is InChI=1S/C24H27N5O3/c1-24(2,18-8-4-3-5-9-18)23(32)28-16-14-27(15-17-28)21(30)12-13-29-22(31)19-10-6-7-11-20(19)25-26-29/h3-11H,12-17H2,1-2H3.